The van der Waals surface area contributed by atoms with Crippen LogP contribution < -0.4 is 0 Å². The second-order valence-electron chi connectivity index (χ2n) is 5.40. The Balaban J connectivity index is 2.11. The summed E-state index contributed by atoms with van der Waals surface area (Å²) in [5.41, 5.74) is 7.51. The van der Waals surface area contributed by atoms with Crippen molar-refractivity contribution in [2.45, 2.75) is 13.8 Å². The highest BCUT2D eigenvalue weighted by Gasteiger charge is 2.11. The molecule has 2 aromatic heterocycles. The van der Waals surface area contributed by atoms with E-state index in [-0.39, 0.29) is 0 Å². The molecule has 2 aromatic carbocycles. The number of aryl methyl sites for hydroxylation is 2. The van der Waals surface area contributed by atoms with Crippen LogP contribution in [0.4, 0.5) is 0 Å². The Hall–Kier alpha value is -2.48. The first kappa shape index (κ1) is 11.4. The maximum atomic E-state index is 3.41. The molecule has 0 bridgehead atoms. The van der Waals surface area contributed by atoms with Gasteiger partial charge in [-0.3, -0.25) is 0 Å². The Kier molecular flexibility index (Phi) is 2.27. The van der Waals surface area contributed by atoms with Crippen LogP contribution in [0.15, 0.2) is 48.8 Å². The fourth-order valence-electron chi connectivity index (χ4n) is 3.04. The molecular formula is C18H16N2. The van der Waals surface area contributed by atoms with Crippen molar-refractivity contribution in [3.05, 3.63) is 59.9 Å². The van der Waals surface area contributed by atoms with Gasteiger partial charge in [-0.2, -0.15) is 0 Å². The van der Waals surface area contributed by atoms with Gasteiger partial charge >= 0.3 is 0 Å². The lowest BCUT2D eigenvalue weighted by molar-refractivity contribution is 1.42. The molecule has 0 atom stereocenters. The molecule has 0 saturated carbocycles. The van der Waals surface area contributed by atoms with Crippen LogP contribution in [0.1, 0.15) is 11.1 Å². The van der Waals surface area contributed by atoms with Gasteiger partial charge in [-0.25, -0.2) is 0 Å². The first-order chi connectivity index (χ1) is 9.75. The Morgan fingerprint density at radius 3 is 1.55 bits per heavy atom. The van der Waals surface area contributed by atoms with E-state index in [9.17, 15) is 0 Å². The first-order valence-corrected chi connectivity index (χ1v) is 6.89. The summed E-state index contributed by atoms with van der Waals surface area (Å²) < 4.78 is 0. The van der Waals surface area contributed by atoms with Gasteiger partial charge in [0, 0.05) is 34.3 Å². The Bertz CT molecular complexity index is 847. The lowest BCUT2D eigenvalue weighted by Crippen LogP contribution is -1.83. The number of benzene rings is 2. The van der Waals surface area contributed by atoms with Gasteiger partial charge in [0.2, 0.25) is 0 Å². The summed E-state index contributed by atoms with van der Waals surface area (Å²) in [4.78, 5) is 6.83. The van der Waals surface area contributed by atoms with E-state index < -0.39 is 0 Å². The third-order valence-corrected chi connectivity index (χ3v) is 4.13. The minimum atomic E-state index is 1.21. The van der Waals surface area contributed by atoms with Crippen LogP contribution in [0, 0.1) is 13.8 Å². The molecule has 0 aliphatic rings. The van der Waals surface area contributed by atoms with Gasteiger partial charge in [-0.05, 0) is 25.0 Å². The number of H-pyrrole nitrogens is 2. The van der Waals surface area contributed by atoms with E-state index in [1.54, 1.807) is 0 Å². The van der Waals surface area contributed by atoms with Gasteiger partial charge < -0.3 is 9.97 Å². The van der Waals surface area contributed by atoms with Crippen LogP contribution in [0.25, 0.3) is 32.9 Å². The maximum Gasteiger partial charge on any atom is 0.0537 e. The van der Waals surface area contributed by atoms with Crippen LogP contribution in [0.3, 0.4) is 0 Å². The fourth-order valence-corrected chi connectivity index (χ4v) is 3.04. The standard InChI is InChI=1S/C18H16N2/c1-11-9-19-17-13(11)5-3-7-15(17)16-8-4-6-14-12(2)10-20-18(14)16/h3-10,19-20H,1-2H3. The van der Waals surface area contributed by atoms with E-state index in [0.717, 1.165) is 0 Å². The third kappa shape index (κ3) is 1.45. The fraction of sp³-hybridized carbons (Fsp3) is 0.111. The van der Waals surface area contributed by atoms with Crippen molar-refractivity contribution in [3.63, 3.8) is 0 Å². The summed E-state index contributed by atoms with van der Waals surface area (Å²) in [6, 6.07) is 13.0. The van der Waals surface area contributed by atoms with E-state index in [1.165, 1.54) is 44.1 Å². The molecule has 20 heavy (non-hydrogen) atoms. The van der Waals surface area contributed by atoms with Crippen molar-refractivity contribution in [3.8, 4) is 11.1 Å². The summed E-state index contributed by atoms with van der Waals surface area (Å²) >= 11 is 0. The number of nitrogens with one attached hydrogen (secondary N) is 2. The van der Waals surface area contributed by atoms with E-state index in [0.29, 0.717) is 0 Å². The molecule has 0 aliphatic carbocycles. The smallest absolute Gasteiger partial charge is 0.0537 e. The zero-order chi connectivity index (χ0) is 13.7. The van der Waals surface area contributed by atoms with Gasteiger partial charge in [0.25, 0.3) is 0 Å². The van der Waals surface area contributed by atoms with Gasteiger partial charge in [-0.1, -0.05) is 36.4 Å². The number of aromatic nitrogens is 2. The van der Waals surface area contributed by atoms with Crippen molar-refractivity contribution in [2.75, 3.05) is 0 Å². The molecule has 0 amide bonds. The molecule has 0 unspecified atom stereocenters. The number of hydrogen-bond acceptors (Lipinski definition) is 0. The Labute approximate surface area is 117 Å². The predicted octanol–water partition coefficient (Wildman–Crippen LogP) is 4.93. The van der Waals surface area contributed by atoms with Crippen LogP contribution in [0.2, 0.25) is 0 Å². The summed E-state index contributed by atoms with van der Waals surface area (Å²) in [5, 5.41) is 2.59. The van der Waals surface area contributed by atoms with Crippen molar-refractivity contribution in [1.29, 1.82) is 0 Å². The van der Waals surface area contributed by atoms with E-state index >= 15 is 0 Å². The van der Waals surface area contributed by atoms with E-state index in [2.05, 4.69) is 72.6 Å². The molecule has 2 heteroatoms. The van der Waals surface area contributed by atoms with Gasteiger partial charge in [0.1, 0.15) is 0 Å². The molecule has 0 radical (unpaired) electrons. The van der Waals surface area contributed by atoms with Crippen molar-refractivity contribution >= 4 is 21.8 Å². The highest BCUT2D eigenvalue weighted by atomic mass is 14.7. The maximum absolute atomic E-state index is 3.41. The summed E-state index contributed by atoms with van der Waals surface area (Å²) in [6.45, 7) is 4.28. The lowest BCUT2D eigenvalue weighted by Gasteiger charge is -2.06. The van der Waals surface area contributed by atoms with E-state index in [4.69, 9.17) is 0 Å². The number of aromatic amines is 2. The molecule has 0 aliphatic heterocycles. The minimum Gasteiger partial charge on any atom is -0.360 e. The van der Waals surface area contributed by atoms with Crippen LogP contribution in [-0.4, -0.2) is 9.97 Å². The highest BCUT2D eigenvalue weighted by Crippen LogP contribution is 2.34. The molecule has 2 nitrogen and oxygen atoms in total. The molecule has 2 heterocycles. The number of hydrogen-bond donors (Lipinski definition) is 2. The monoisotopic (exact) mass is 260 g/mol. The average molecular weight is 260 g/mol. The van der Waals surface area contributed by atoms with Crippen molar-refractivity contribution in [1.82, 2.24) is 9.97 Å². The van der Waals surface area contributed by atoms with Gasteiger partial charge in [-0.15, -0.1) is 0 Å². The van der Waals surface area contributed by atoms with Crippen LogP contribution >= 0.6 is 0 Å². The Morgan fingerprint density at radius 2 is 1.10 bits per heavy atom. The first-order valence-electron chi connectivity index (χ1n) is 6.89. The zero-order valence-electron chi connectivity index (χ0n) is 11.6. The molecular weight excluding hydrogens is 244 g/mol. The second kappa shape index (κ2) is 4.01. The van der Waals surface area contributed by atoms with Crippen LogP contribution in [-0.2, 0) is 0 Å². The predicted molar refractivity (Wildman–Crippen MR) is 85.1 cm³/mol. The number of rotatable bonds is 1. The zero-order valence-corrected chi connectivity index (χ0v) is 11.6. The van der Waals surface area contributed by atoms with Crippen molar-refractivity contribution < 1.29 is 0 Å². The molecule has 0 saturated heterocycles. The molecule has 4 rings (SSSR count). The van der Waals surface area contributed by atoms with Crippen LogP contribution in [0.5, 0.6) is 0 Å². The summed E-state index contributed by atoms with van der Waals surface area (Å²) in [5.74, 6) is 0. The SMILES string of the molecule is Cc1c[nH]c2c(-c3cccc4c(C)c[nH]c34)cccc12. The topological polar surface area (TPSA) is 31.6 Å². The number of fused-ring (bicyclic) bond motifs is 2. The highest BCUT2D eigenvalue weighted by molar-refractivity contribution is 6.04. The third-order valence-electron chi connectivity index (χ3n) is 4.13. The van der Waals surface area contributed by atoms with E-state index in [1.807, 2.05) is 0 Å². The van der Waals surface area contributed by atoms with Crippen molar-refractivity contribution in [2.24, 2.45) is 0 Å². The normalized spacial score (nSPS) is 11.5. The largest absolute Gasteiger partial charge is 0.360 e. The molecule has 2 N–H and O–H groups in total. The Morgan fingerprint density at radius 1 is 0.650 bits per heavy atom. The minimum absolute atomic E-state index is 1.21. The van der Waals surface area contributed by atoms with Gasteiger partial charge in [0.05, 0.1) is 11.0 Å². The van der Waals surface area contributed by atoms with Gasteiger partial charge in [0.15, 0.2) is 0 Å². The molecule has 4 aromatic rings. The number of para-hydroxylation sites is 2. The average Bonchev–Trinajstić information content (AvgIpc) is 3.03. The summed E-state index contributed by atoms with van der Waals surface area (Å²) in [7, 11) is 0. The lowest BCUT2D eigenvalue weighted by atomic mass is 9.99. The molecule has 98 valence electrons. The molecule has 0 fully saturated rings. The quantitative estimate of drug-likeness (QED) is 0.486. The summed E-state index contributed by atoms with van der Waals surface area (Å²) in [6.07, 6.45) is 4.16. The molecule has 0 spiro atoms. The second-order valence-corrected chi connectivity index (χ2v) is 5.40.